The molecule has 106 valence electrons. The fourth-order valence-electron chi connectivity index (χ4n) is 2.37. The molecule has 0 amide bonds. The lowest BCUT2D eigenvalue weighted by atomic mass is 10.0. The summed E-state index contributed by atoms with van der Waals surface area (Å²) in [4.78, 5) is 0. The number of hydrogen-bond acceptors (Lipinski definition) is 3. The number of aromatic hydroxyl groups is 1. The van der Waals surface area contributed by atoms with E-state index < -0.39 is 0 Å². The van der Waals surface area contributed by atoms with Crippen molar-refractivity contribution in [3.8, 4) is 5.75 Å². The van der Waals surface area contributed by atoms with Crippen LogP contribution in [-0.4, -0.2) is 22.9 Å². The number of phenols is 1. The SMILES string of the molecule is CC(NC(CO)Cc1ccccc1)c1ccccc1O. The van der Waals surface area contributed by atoms with E-state index in [9.17, 15) is 10.2 Å². The van der Waals surface area contributed by atoms with Gasteiger partial charge >= 0.3 is 0 Å². The van der Waals surface area contributed by atoms with Gasteiger partial charge in [0.05, 0.1) is 6.61 Å². The Labute approximate surface area is 119 Å². The number of aliphatic hydroxyl groups excluding tert-OH is 1. The van der Waals surface area contributed by atoms with E-state index in [2.05, 4.69) is 17.4 Å². The van der Waals surface area contributed by atoms with Crippen LogP contribution in [-0.2, 0) is 6.42 Å². The Hall–Kier alpha value is -1.84. The van der Waals surface area contributed by atoms with Gasteiger partial charge in [-0.25, -0.2) is 0 Å². The molecule has 2 atom stereocenters. The zero-order valence-electron chi connectivity index (χ0n) is 11.7. The van der Waals surface area contributed by atoms with Gasteiger partial charge < -0.3 is 15.5 Å². The quantitative estimate of drug-likeness (QED) is 0.757. The molecule has 2 rings (SSSR count). The summed E-state index contributed by atoms with van der Waals surface area (Å²) in [7, 11) is 0. The summed E-state index contributed by atoms with van der Waals surface area (Å²) in [5, 5.41) is 22.7. The predicted molar refractivity (Wildman–Crippen MR) is 80.7 cm³/mol. The molecule has 2 aromatic carbocycles. The largest absolute Gasteiger partial charge is 0.508 e. The molecule has 0 radical (unpaired) electrons. The molecule has 0 spiro atoms. The molecule has 3 N–H and O–H groups in total. The van der Waals surface area contributed by atoms with E-state index in [4.69, 9.17) is 0 Å². The molecule has 3 nitrogen and oxygen atoms in total. The lowest BCUT2D eigenvalue weighted by molar-refractivity contribution is 0.232. The number of hydrogen-bond donors (Lipinski definition) is 3. The van der Waals surface area contributed by atoms with E-state index in [0.29, 0.717) is 0 Å². The van der Waals surface area contributed by atoms with Crippen molar-refractivity contribution in [3.63, 3.8) is 0 Å². The van der Waals surface area contributed by atoms with Crippen molar-refractivity contribution < 1.29 is 10.2 Å². The Morgan fingerprint density at radius 1 is 1.00 bits per heavy atom. The lowest BCUT2D eigenvalue weighted by Gasteiger charge is -2.22. The second kappa shape index (κ2) is 7.08. The van der Waals surface area contributed by atoms with Crippen LogP contribution in [0.3, 0.4) is 0 Å². The highest BCUT2D eigenvalue weighted by atomic mass is 16.3. The Balaban J connectivity index is 2.01. The third-order valence-electron chi connectivity index (χ3n) is 3.43. The van der Waals surface area contributed by atoms with E-state index in [1.807, 2.05) is 37.3 Å². The summed E-state index contributed by atoms with van der Waals surface area (Å²) in [6.07, 6.45) is 0.759. The monoisotopic (exact) mass is 271 g/mol. The topological polar surface area (TPSA) is 52.5 Å². The molecule has 0 saturated heterocycles. The maximum atomic E-state index is 9.85. The fraction of sp³-hybridized carbons (Fsp3) is 0.294. The first-order valence-electron chi connectivity index (χ1n) is 6.89. The van der Waals surface area contributed by atoms with Crippen LogP contribution in [0.1, 0.15) is 24.1 Å². The van der Waals surface area contributed by atoms with Crippen LogP contribution in [0, 0.1) is 0 Å². The fourth-order valence-corrected chi connectivity index (χ4v) is 2.37. The number of aliphatic hydroxyl groups is 1. The molecule has 0 aliphatic rings. The summed E-state index contributed by atoms with van der Waals surface area (Å²) in [6.45, 7) is 2.05. The molecule has 3 heteroatoms. The third kappa shape index (κ3) is 3.83. The summed E-state index contributed by atoms with van der Waals surface area (Å²) in [5.74, 6) is 0.281. The van der Waals surface area contributed by atoms with Crippen LogP contribution in [0.2, 0.25) is 0 Å². The highest BCUT2D eigenvalue weighted by Gasteiger charge is 2.15. The number of rotatable bonds is 6. The van der Waals surface area contributed by atoms with E-state index in [1.165, 1.54) is 5.56 Å². The van der Waals surface area contributed by atoms with E-state index in [-0.39, 0.29) is 24.4 Å². The van der Waals surface area contributed by atoms with Crippen molar-refractivity contribution in [1.29, 1.82) is 0 Å². The average Bonchev–Trinajstić information content (AvgIpc) is 2.48. The molecular formula is C17H21NO2. The second-order valence-corrected chi connectivity index (χ2v) is 5.02. The molecule has 0 saturated carbocycles. The average molecular weight is 271 g/mol. The van der Waals surface area contributed by atoms with Crippen LogP contribution in [0.15, 0.2) is 54.6 Å². The van der Waals surface area contributed by atoms with E-state index in [0.717, 1.165) is 12.0 Å². The first kappa shape index (κ1) is 14.6. The molecule has 0 fully saturated rings. The van der Waals surface area contributed by atoms with Gasteiger partial charge in [0.2, 0.25) is 0 Å². The minimum absolute atomic E-state index is 0.0166. The Morgan fingerprint density at radius 2 is 1.65 bits per heavy atom. The van der Waals surface area contributed by atoms with Crippen LogP contribution in [0.25, 0.3) is 0 Å². The predicted octanol–water partition coefficient (Wildman–Crippen LogP) is 2.65. The van der Waals surface area contributed by atoms with Crippen LogP contribution < -0.4 is 5.32 Å². The molecule has 20 heavy (non-hydrogen) atoms. The molecule has 0 bridgehead atoms. The first-order valence-corrected chi connectivity index (χ1v) is 6.89. The van der Waals surface area contributed by atoms with Gasteiger partial charge in [-0.15, -0.1) is 0 Å². The van der Waals surface area contributed by atoms with Crippen molar-refractivity contribution in [2.45, 2.75) is 25.4 Å². The minimum atomic E-state index is -0.0352. The Morgan fingerprint density at radius 3 is 2.30 bits per heavy atom. The molecule has 2 unspecified atom stereocenters. The Bertz CT molecular complexity index is 528. The maximum Gasteiger partial charge on any atom is 0.120 e. The summed E-state index contributed by atoms with van der Waals surface area (Å²) in [6, 6.07) is 17.3. The number of phenolic OH excluding ortho intramolecular Hbond substituents is 1. The molecule has 0 aliphatic heterocycles. The van der Waals surface area contributed by atoms with Crippen molar-refractivity contribution in [2.75, 3.05) is 6.61 Å². The van der Waals surface area contributed by atoms with Gasteiger partial charge in [0.15, 0.2) is 0 Å². The van der Waals surface area contributed by atoms with E-state index >= 15 is 0 Å². The van der Waals surface area contributed by atoms with E-state index in [1.54, 1.807) is 12.1 Å². The number of para-hydroxylation sites is 1. The van der Waals surface area contributed by atoms with Gasteiger partial charge in [0, 0.05) is 17.6 Å². The normalized spacial score (nSPS) is 13.9. The van der Waals surface area contributed by atoms with Crippen LogP contribution in [0.4, 0.5) is 0 Å². The molecule has 0 aliphatic carbocycles. The summed E-state index contributed by atoms with van der Waals surface area (Å²) in [5.41, 5.74) is 2.03. The standard InChI is InChI=1S/C17H21NO2/c1-13(16-9-5-6-10-17(16)20)18-15(12-19)11-14-7-3-2-4-8-14/h2-10,13,15,18-20H,11-12H2,1H3. The maximum absolute atomic E-state index is 9.85. The highest BCUT2D eigenvalue weighted by molar-refractivity contribution is 5.34. The molecule has 2 aromatic rings. The third-order valence-corrected chi connectivity index (χ3v) is 3.43. The van der Waals surface area contributed by atoms with Crippen molar-refractivity contribution >= 4 is 0 Å². The van der Waals surface area contributed by atoms with Gasteiger partial charge in [-0.05, 0) is 25.0 Å². The zero-order chi connectivity index (χ0) is 14.4. The van der Waals surface area contributed by atoms with Crippen LogP contribution in [0.5, 0.6) is 5.75 Å². The van der Waals surface area contributed by atoms with Crippen molar-refractivity contribution in [3.05, 3.63) is 65.7 Å². The van der Waals surface area contributed by atoms with Gasteiger partial charge in [-0.2, -0.15) is 0 Å². The second-order valence-electron chi connectivity index (χ2n) is 5.02. The van der Waals surface area contributed by atoms with Crippen molar-refractivity contribution in [2.24, 2.45) is 0 Å². The molecule has 0 aromatic heterocycles. The Kier molecular flexibility index (Phi) is 5.16. The van der Waals surface area contributed by atoms with Gasteiger partial charge in [0.25, 0.3) is 0 Å². The van der Waals surface area contributed by atoms with Gasteiger partial charge in [-0.1, -0.05) is 48.5 Å². The van der Waals surface area contributed by atoms with Crippen LogP contribution >= 0.6 is 0 Å². The van der Waals surface area contributed by atoms with Gasteiger partial charge in [-0.3, -0.25) is 0 Å². The highest BCUT2D eigenvalue weighted by Crippen LogP contribution is 2.23. The summed E-state index contributed by atoms with van der Waals surface area (Å²) >= 11 is 0. The number of nitrogens with one attached hydrogen (secondary N) is 1. The lowest BCUT2D eigenvalue weighted by Crippen LogP contribution is -2.36. The molecule has 0 heterocycles. The first-order chi connectivity index (χ1) is 9.70. The smallest absolute Gasteiger partial charge is 0.120 e. The molecular weight excluding hydrogens is 250 g/mol. The zero-order valence-corrected chi connectivity index (χ0v) is 11.7. The van der Waals surface area contributed by atoms with Gasteiger partial charge in [0.1, 0.15) is 5.75 Å². The minimum Gasteiger partial charge on any atom is -0.508 e. The summed E-state index contributed by atoms with van der Waals surface area (Å²) < 4.78 is 0. The van der Waals surface area contributed by atoms with Crippen molar-refractivity contribution in [1.82, 2.24) is 5.32 Å². The number of benzene rings is 2.